The van der Waals surface area contributed by atoms with Crippen molar-refractivity contribution in [2.75, 3.05) is 19.6 Å². The summed E-state index contributed by atoms with van der Waals surface area (Å²) in [6.45, 7) is 5.60. The zero-order valence-corrected chi connectivity index (χ0v) is 16.3. The second-order valence-corrected chi connectivity index (χ2v) is 7.74. The van der Waals surface area contributed by atoms with Crippen molar-refractivity contribution in [2.24, 2.45) is 0 Å². The quantitative estimate of drug-likeness (QED) is 0.802. The minimum Gasteiger partial charge on any atom is -0.475 e. The lowest BCUT2D eigenvalue weighted by molar-refractivity contribution is -0.192. The minimum atomic E-state index is -5.08. The number of amides is 1. The molecule has 2 fully saturated rings. The highest BCUT2D eigenvalue weighted by atomic mass is 19.4. The van der Waals surface area contributed by atoms with Gasteiger partial charge in [-0.2, -0.15) is 13.2 Å². The van der Waals surface area contributed by atoms with Gasteiger partial charge in [0.1, 0.15) is 0 Å². The van der Waals surface area contributed by atoms with Crippen LogP contribution in [0.2, 0.25) is 0 Å². The molecule has 158 valence electrons. The lowest BCUT2D eigenvalue weighted by Gasteiger charge is -2.38. The molecule has 8 heteroatoms. The van der Waals surface area contributed by atoms with Gasteiger partial charge >= 0.3 is 12.1 Å². The number of carbonyl (C=O) groups excluding carboxylic acids is 1. The Morgan fingerprint density at radius 2 is 1.79 bits per heavy atom. The Hall–Kier alpha value is -2.35. The summed E-state index contributed by atoms with van der Waals surface area (Å²) in [5, 5.41) is 10.3. The number of likely N-dealkylation sites (tertiary alicyclic amines) is 1. The monoisotopic (exact) mass is 410 g/mol. The molecule has 3 aliphatic rings. The number of piperidine rings is 1. The number of benzene rings is 1. The highest BCUT2D eigenvalue weighted by Crippen LogP contribution is 2.47. The number of carbonyl (C=O) groups is 2. The number of fused-ring (bicyclic) bond motifs is 2. The largest absolute Gasteiger partial charge is 0.490 e. The Kier molecular flexibility index (Phi) is 6.03. The zero-order valence-electron chi connectivity index (χ0n) is 16.3. The average molecular weight is 410 g/mol. The first-order valence-electron chi connectivity index (χ1n) is 9.82. The molecule has 0 radical (unpaired) electrons. The molecule has 2 aliphatic carbocycles. The van der Waals surface area contributed by atoms with Crippen molar-refractivity contribution in [3.63, 3.8) is 0 Å². The fourth-order valence-electron chi connectivity index (χ4n) is 3.94. The number of hydrogen-bond donors (Lipinski definition) is 2. The molecule has 0 bridgehead atoms. The maximum atomic E-state index is 12.6. The van der Waals surface area contributed by atoms with E-state index in [4.69, 9.17) is 9.90 Å². The third-order valence-corrected chi connectivity index (χ3v) is 5.77. The molecule has 1 aliphatic heterocycles. The van der Waals surface area contributed by atoms with Gasteiger partial charge in [-0.15, -0.1) is 0 Å². The van der Waals surface area contributed by atoms with Crippen LogP contribution in [0.1, 0.15) is 43.7 Å². The van der Waals surface area contributed by atoms with Crippen LogP contribution in [-0.2, 0) is 15.0 Å². The number of carboxylic acid groups (broad SMARTS) is 1. The molecule has 1 amide bonds. The molecule has 1 saturated heterocycles. The van der Waals surface area contributed by atoms with Crippen molar-refractivity contribution in [1.82, 2.24) is 10.2 Å². The van der Waals surface area contributed by atoms with E-state index in [1.165, 1.54) is 5.56 Å². The van der Waals surface area contributed by atoms with Crippen LogP contribution >= 0.6 is 0 Å². The Morgan fingerprint density at radius 3 is 2.31 bits per heavy atom. The zero-order chi connectivity index (χ0) is 21.2. The highest BCUT2D eigenvalue weighted by molar-refractivity contribution is 6.21. The van der Waals surface area contributed by atoms with Gasteiger partial charge in [0.2, 0.25) is 0 Å². The van der Waals surface area contributed by atoms with E-state index < -0.39 is 12.1 Å². The number of nitrogens with zero attached hydrogens (tertiary/aromatic N) is 1. The van der Waals surface area contributed by atoms with E-state index >= 15 is 0 Å². The molecule has 1 spiro atoms. The third-order valence-electron chi connectivity index (χ3n) is 5.77. The summed E-state index contributed by atoms with van der Waals surface area (Å²) < 4.78 is 31.7. The van der Waals surface area contributed by atoms with Crippen LogP contribution in [0, 0.1) is 0 Å². The molecule has 1 aromatic carbocycles. The maximum Gasteiger partial charge on any atom is 0.490 e. The fourth-order valence-corrected chi connectivity index (χ4v) is 3.94. The van der Waals surface area contributed by atoms with Gasteiger partial charge in [0.25, 0.3) is 5.91 Å². The molecule has 1 heterocycles. The number of aliphatic carboxylic acids is 1. The lowest BCUT2D eigenvalue weighted by Crippen LogP contribution is -2.40. The fraction of sp³-hybridized carbons (Fsp3) is 0.524. The number of halogens is 3. The number of allylic oxidation sites excluding steroid dienone is 1. The van der Waals surface area contributed by atoms with Gasteiger partial charge in [-0.3, -0.25) is 4.79 Å². The molecular formula is C21H25F3N2O3. The van der Waals surface area contributed by atoms with Gasteiger partial charge in [-0.1, -0.05) is 37.3 Å². The Bertz CT molecular complexity index is 808. The van der Waals surface area contributed by atoms with Gasteiger partial charge in [0, 0.05) is 17.0 Å². The number of hydrogen-bond acceptors (Lipinski definition) is 3. The van der Waals surface area contributed by atoms with Crippen molar-refractivity contribution in [2.45, 2.75) is 50.2 Å². The molecule has 4 rings (SSSR count). The molecule has 29 heavy (non-hydrogen) atoms. The van der Waals surface area contributed by atoms with Crippen LogP contribution in [0.5, 0.6) is 0 Å². The van der Waals surface area contributed by atoms with Gasteiger partial charge in [0.05, 0.1) is 0 Å². The van der Waals surface area contributed by atoms with E-state index in [0.29, 0.717) is 6.04 Å². The summed E-state index contributed by atoms with van der Waals surface area (Å²) in [5.41, 5.74) is 3.52. The van der Waals surface area contributed by atoms with E-state index in [-0.39, 0.29) is 11.3 Å². The van der Waals surface area contributed by atoms with E-state index in [1.54, 1.807) is 0 Å². The number of rotatable bonds is 3. The van der Waals surface area contributed by atoms with Crippen LogP contribution in [0.4, 0.5) is 13.2 Å². The van der Waals surface area contributed by atoms with Gasteiger partial charge in [0.15, 0.2) is 0 Å². The highest BCUT2D eigenvalue weighted by Gasteiger charge is 2.42. The first-order chi connectivity index (χ1) is 13.7. The predicted molar refractivity (Wildman–Crippen MR) is 102 cm³/mol. The molecule has 0 atom stereocenters. The molecule has 1 aromatic rings. The van der Waals surface area contributed by atoms with Crippen molar-refractivity contribution in [3.05, 3.63) is 41.5 Å². The van der Waals surface area contributed by atoms with E-state index in [9.17, 15) is 18.0 Å². The van der Waals surface area contributed by atoms with Crippen LogP contribution in [0.25, 0.3) is 5.57 Å². The van der Waals surface area contributed by atoms with Crippen molar-refractivity contribution < 1.29 is 27.9 Å². The predicted octanol–water partition coefficient (Wildman–Crippen LogP) is 3.35. The van der Waals surface area contributed by atoms with Crippen molar-refractivity contribution >= 4 is 17.4 Å². The molecule has 0 aromatic heterocycles. The summed E-state index contributed by atoms with van der Waals surface area (Å²) in [6, 6.07) is 8.93. The number of nitrogens with one attached hydrogen (secondary N) is 1. The second-order valence-electron chi connectivity index (χ2n) is 7.74. The van der Waals surface area contributed by atoms with Crippen LogP contribution < -0.4 is 5.32 Å². The number of carboxylic acids is 1. The first-order valence-corrected chi connectivity index (χ1v) is 9.82. The molecule has 0 unspecified atom stereocenters. The van der Waals surface area contributed by atoms with Crippen LogP contribution in [-0.4, -0.2) is 53.7 Å². The van der Waals surface area contributed by atoms with Crippen molar-refractivity contribution in [1.29, 1.82) is 0 Å². The van der Waals surface area contributed by atoms with Crippen LogP contribution in [0.3, 0.4) is 0 Å². The first kappa shape index (κ1) is 21.4. The Labute approximate surface area is 167 Å². The van der Waals surface area contributed by atoms with Gasteiger partial charge < -0.3 is 15.3 Å². The Balaban J connectivity index is 0.000000298. The maximum absolute atomic E-state index is 12.6. The summed E-state index contributed by atoms with van der Waals surface area (Å²) in [4.78, 5) is 24.0. The van der Waals surface area contributed by atoms with Crippen molar-refractivity contribution in [3.8, 4) is 0 Å². The number of alkyl halides is 3. The normalized spacial score (nSPS) is 20.3. The van der Waals surface area contributed by atoms with Gasteiger partial charge in [-0.05, 0) is 56.4 Å². The van der Waals surface area contributed by atoms with Crippen LogP contribution in [0.15, 0.2) is 30.3 Å². The summed E-state index contributed by atoms with van der Waals surface area (Å²) >= 11 is 0. The Morgan fingerprint density at radius 1 is 1.21 bits per heavy atom. The smallest absolute Gasteiger partial charge is 0.475 e. The molecular weight excluding hydrogens is 385 g/mol. The van der Waals surface area contributed by atoms with E-state index in [0.717, 1.165) is 56.5 Å². The third kappa shape index (κ3) is 4.80. The molecule has 2 N–H and O–H groups in total. The molecule has 5 nitrogen and oxygen atoms in total. The van der Waals surface area contributed by atoms with E-state index in [1.807, 2.05) is 0 Å². The summed E-state index contributed by atoms with van der Waals surface area (Å²) in [5.74, 6) is -2.63. The minimum absolute atomic E-state index is 0.0818. The second kappa shape index (κ2) is 8.18. The lowest BCUT2D eigenvalue weighted by atomic mass is 9.74. The SMILES string of the molecule is CCN1CCC2(C=C(C(=O)NC3CC3)c3ccccc32)CC1.O=C(O)C(F)(F)F. The topological polar surface area (TPSA) is 69.6 Å². The van der Waals surface area contributed by atoms with E-state index in [2.05, 4.69) is 47.5 Å². The standard InChI is InChI=1S/C19H24N2O.C2HF3O2/c1-2-21-11-9-19(10-12-21)13-16(18(22)20-14-7-8-14)15-5-3-4-6-17(15)19;3-2(4,5)1(6)7/h3-6,13-14H,2,7-12H2,1H3,(H,20,22);(H,6,7). The average Bonchev–Trinajstić information content (AvgIpc) is 3.44. The molecule has 1 saturated carbocycles. The van der Waals surface area contributed by atoms with Gasteiger partial charge in [-0.25, -0.2) is 4.79 Å². The summed E-state index contributed by atoms with van der Waals surface area (Å²) in [7, 11) is 0. The summed E-state index contributed by atoms with van der Waals surface area (Å²) in [6.07, 6.45) is 1.72.